The van der Waals surface area contributed by atoms with Crippen LogP contribution in [0.2, 0.25) is 5.02 Å². The van der Waals surface area contributed by atoms with Crippen molar-refractivity contribution in [3.63, 3.8) is 0 Å². The molecule has 3 saturated heterocycles. The highest BCUT2D eigenvalue weighted by atomic mass is 35.5. The van der Waals surface area contributed by atoms with Crippen LogP contribution in [0, 0.1) is 22.0 Å². The molecule has 3 aliphatic heterocycles. The van der Waals surface area contributed by atoms with Crippen LogP contribution in [0.4, 0.5) is 5.69 Å². The Kier molecular flexibility index (Phi) is 5.20. The smallest absolute Gasteiger partial charge is 0.288 e. The quantitative estimate of drug-likeness (QED) is 0.326. The topological polar surface area (TPSA) is 97.6 Å². The normalized spacial score (nSPS) is 25.8. The molecule has 0 aliphatic carbocycles. The zero-order valence-electron chi connectivity index (χ0n) is 14.3. The van der Waals surface area contributed by atoms with E-state index in [4.69, 9.17) is 11.6 Å². The zero-order chi connectivity index (χ0) is 19.0. The maximum atomic E-state index is 12.8. The van der Waals surface area contributed by atoms with Crippen molar-refractivity contribution >= 4 is 34.6 Å². The number of nitrogens with zero attached hydrogens (tertiary/aromatic N) is 2. The average molecular weight is 379 g/mol. The van der Waals surface area contributed by atoms with Gasteiger partial charge in [0, 0.05) is 17.5 Å². The molecule has 2 atom stereocenters. The number of carbonyl (C=O) groups is 3. The summed E-state index contributed by atoms with van der Waals surface area (Å²) in [4.78, 5) is 49.9. The summed E-state index contributed by atoms with van der Waals surface area (Å²) in [6, 6.07) is 3.32. The van der Waals surface area contributed by atoms with Crippen molar-refractivity contribution < 1.29 is 19.3 Å². The van der Waals surface area contributed by atoms with Gasteiger partial charge in [-0.15, -0.1) is 0 Å². The first kappa shape index (κ1) is 18.7. The highest BCUT2D eigenvalue weighted by Gasteiger charge is 2.43. The van der Waals surface area contributed by atoms with Gasteiger partial charge in [0.2, 0.25) is 0 Å². The summed E-state index contributed by atoms with van der Waals surface area (Å²) in [5.41, 5.74) is -0.318. The van der Waals surface area contributed by atoms with E-state index in [2.05, 4.69) is 0 Å². The lowest BCUT2D eigenvalue weighted by molar-refractivity contribution is -0.384. The SMILES string of the molecule is CC(=O)C(CC1C(=O)C2CCN1CC2)C(=O)c1ccc(Cl)c([N+](=O)[O-])c1. The minimum atomic E-state index is -0.996. The van der Waals surface area contributed by atoms with Gasteiger partial charge in [0.15, 0.2) is 11.6 Å². The summed E-state index contributed by atoms with van der Waals surface area (Å²) in [5.74, 6) is -1.73. The van der Waals surface area contributed by atoms with Crippen molar-refractivity contribution in [3.05, 3.63) is 38.9 Å². The second-order valence-corrected chi connectivity index (χ2v) is 7.32. The lowest BCUT2D eigenvalue weighted by atomic mass is 9.77. The van der Waals surface area contributed by atoms with Crippen molar-refractivity contribution in [2.45, 2.75) is 32.2 Å². The van der Waals surface area contributed by atoms with Crippen molar-refractivity contribution in [1.29, 1.82) is 0 Å². The number of carbonyl (C=O) groups excluding carboxylic acids is 3. The van der Waals surface area contributed by atoms with Gasteiger partial charge in [0.25, 0.3) is 5.69 Å². The van der Waals surface area contributed by atoms with Crippen molar-refractivity contribution in [3.8, 4) is 0 Å². The summed E-state index contributed by atoms with van der Waals surface area (Å²) in [6.07, 6.45) is 1.79. The van der Waals surface area contributed by atoms with Crippen LogP contribution < -0.4 is 0 Å². The molecule has 0 N–H and O–H groups in total. The van der Waals surface area contributed by atoms with Gasteiger partial charge in [-0.2, -0.15) is 0 Å². The van der Waals surface area contributed by atoms with Crippen LogP contribution in [-0.4, -0.2) is 46.3 Å². The molecule has 26 heavy (non-hydrogen) atoms. The fourth-order valence-electron chi connectivity index (χ4n) is 3.90. The van der Waals surface area contributed by atoms with E-state index in [1.807, 2.05) is 4.90 Å². The van der Waals surface area contributed by atoms with Crippen LogP contribution in [0.25, 0.3) is 0 Å². The number of halogens is 1. The Labute approximate surface area is 155 Å². The third-order valence-electron chi connectivity index (χ3n) is 5.39. The molecule has 3 fully saturated rings. The Hall–Kier alpha value is -2.12. The zero-order valence-corrected chi connectivity index (χ0v) is 15.1. The van der Waals surface area contributed by atoms with Gasteiger partial charge < -0.3 is 0 Å². The predicted octanol–water partition coefficient (Wildman–Crippen LogP) is 2.69. The largest absolute Gasteiger partial charge is 0.299 e. The third kappa shape index (κ3) is 3.41. The van der Waals surface area contributed by atoms with E-state index >= 15 is 0 Å². The van der Waals surface area contributed by atoms with Crippen LogP contribution in [-0.2, 0) is 9.59 Å². The fraction of sp³-hybridized carbons (Fsp3) is 0.500. The summed E-state index contributed by atoms with van der Waals surface area (Å²) < 4.78 is 0. The summed E-state index contributed by atoms with van der Waals surface area (Å²) in [5, 5.41) is 11.0. The van der Waals surface area contributed by atoms with Gasteiger partial charge in [-0.05, 0) is 51.4 Å². The molecule has 1 aromatic rings. The van der Waals surface area contributed by atoms with Crippen molar-refractivity contribution in [2.75, 3.05) is 13.1 Å². The Bertz CT molecular complexity index is 786. The van der Waals surface area contributed by atoms with Crippen molar-refractivity contribution in [2.24, 2.45) is 11.8 Å². The lowest BCUT2D eigenvalue weighted by Gasteiger charge is -2.44. The van der Waals surface area contributed by atoms with Crippen molar-refractivity contribution in [1.82, 2.24) is 4.90 Å². The van der Waals surface area contributed by atoms with E-state index in [0.717, 1.165) is 32.0 Å². The first-order chi connectivity index (χ1) is 12.3. The summed E-state index contributed by atoms with van der Waals surface area (Å²) >= 11 is 5.78. The number of nitro groups is 1. The molecule has 0 amide bonds. The molecule has 8 heteroatoms. The molecule has 1 aromatic carbocycles. The van der Waals surface area contributed by atoms with E-state index in [-0.39, 0.29) is 40.2 Å². The van der Waals surface area contributed by atoms with E-state index < -0.39 is 22.7 Å². The maximum absolute atomic E-state index is 12.8. The van der Waals surface area contributed by atoms with Gasteiger partial charge in [0.05, 0.1) is 16.9 Å². The number of benzene rings is 1. The molecular weight excluding hydrogens is 360 g/mol. The van der Waals surface area contributed by atoms with E-state index in [0.29, 0.717) is 0 Å². The van der Waals surface area contributed by atoms with Gasteiger partial charge in [-0.3, -0.25) is 29.4 Å². The first-order valence-corrected chi connectivity index (χ1v) is 8.93. The minimum Gasteiger partial charge on any atom is -0.299 e. The second kappa shape index (κ2) is 7.25. The molecule has 0 saturated carbocycles. The highest BCUT2D eigenvalue weighted by Crippen LogP contribution is 2.33. The summed E-state index contributed by atoms with van der Waals surface area (Å²) in [6.45, 7) is 2.91. The summed E-state index contributed by atoms with van der Waals surface area (Å²) in [7, 11) is 0. The minimum absolute atomic E-state index is 0.0179. The molecule has 4 rings (SSSR count). The Balaban J connectivity index is 1.85. The predicted molar refractivity (Wildman–Crippen MR) is 94.3 cm³/mol. The number of Topliss-reactive ketones (excluding diaryl/α,β-unsaturated/α-hetero) is 3. The van der Waals surface area contributed by atoms with Crippen LogP contribution in [0.1, 0.15) is 36.5 Å². The number of hydrogen-bond acceptors (Lipinski definition) is 6. The van der Waals surface area contributed by atoms with Gasteiger partial charge >= 0.3 is 0 Å². The molecule has 0 aromatic heterocycles. The number of nitro benzene ring substituents is 1. The molecular formula is C18H19ClN2O5. The molecule has 0 spiro atoms. The van der Waals surface area contributed by atoms with Gasteiger partial charge in [0.1, 0.15) is 10.8 Å². The van der Waals surface area contributed by atoms with E-state index in [1.54, 1.807) is 0 Å². The van der Waals surface area contributed by atoms with Gasteiger partial charge in [-0.1, -0.05) is 11.6 Å². The standard InChI is InChI=1S/C18H19ClN2O5/c1-10(22)13(9-16-18(24)11-4-6-20(16)7-5-11)17(23)12-2-3-14(19)15(8-12)21(25)26/h2-3,8,11,13,16H,4-7,9H2,1H3. The molecule has 2 bridgehead atoms. The van der Waals surface area contributed by atoms with E-state index in [9.17, 15) is 24.5 Å². The molecule has 2 unspecified atom stereocenters. The van der Waals surface area contributed by atoms with Crippen LogP contribution >= 0.6 is 11.6 Å². The Morgan fingerprint density at radius 1 is 1.35 bits per heavy atom. The molecule has 7 nitrogen and oxygen atoms in total. The lowest BCUT2D eigenvalue weighted by Crippen LogP contribution is -2.56. The molecule has 3 heterocycles. The molecule has 3 aliphatic rings. The van der Waals surface area contributed by atoms with Crippen LogP contribution in [0.3, 0.4) is 0 Å². The average Bonchev–Trinajstić information content (AvgIpc) is 2.61. The number of piperidine rings is 3. The number of fused-ring (bicyclic) bond motifs is 3. The molecule has 0 radical (unpaired) electrons. The number of ketones is 3. The van der Waals surface area contributed by atoms with Crippen LogP contribution in [0.15, 0.2) is 18.2 Å². The maximum Gasteiger partial charge on any atom is 0.288 e. The first-order valence-electron chi connectivity index (χ1n) is 8.56. The van der Waals surface area contributed by atoms with Gasteiger partial charge in [-0.25, -0.2) is 0 Å². The second-order valence-electron chi connectivity index (χ2n) is 6.91. The Morgan fingerprint density at radius 3 is 2.54 bits per heavy atom. The number of hydrogen-bond donors (Lipinski definition) is 0. The number of rotatable bonds is 6. The van der Waals surface area contributed by atoms with Crippen LogP contribution in [0.5, 0.6) is 0 Å². The highest BCUT2D eigenvalue weighted by molar-refractivity contribution is 6.32. The Morgan fingerprint density at radius 2 is 2.00 bits per heavy atom. The third-order valence-corrected chi connectivity index (χ3v) is 5.71. The fourth-order valence-corrected chi connectivity index (χ4v) is 4.09. The monoisotopic (exact) mass is 378 g/mol. The molecule has 138 valence electrons. The van der Waals surface area contributed by atoms with E-state index in [1.165, 1.54) is 19.1 Å².